The normalized spacial score (nSPS) is 11.2. The maximum atomic E-state index is 3.52. The van der Waals surface area contributed by atoms with E-state index in [2.05, 4.69) is 39.2 Å². The van der Waals surface area contributed by atoms with Gasteiger partial charge in [0.2, 0.25) is 0 Å². The molecule has 0 aliphatic carbocycles. The summed E-state index contributed by atoms with van der Waals surface area (Å²) in [5.41, 5.74) is 2.81. The summed E-state index contributed by atoms with van der Waals surface area (Å²) in [6.45, 7) is 12.2. The molecule has 0 saturated heterocycles. The molecule has 0 amide bonds. The molecule has 0 aromatic heterocycles. The zero-order valence-electron chi connectivity index (χ0n) is 5.57. The first kappa shape index (κ1) is 8.21. The summed E-state index contributed by atoms with van der Waals surface area (Å²) < 4.78 is 0. The Kier molecular flexibility index (Phi) is 5.49. The first-order chi connectivity index (χ1) is 3.85. The van der Waals surface area contributed by atoms with Gasteiger partial charge in [-0.3, -0.25) is 0 Å². The van der Waals surface area contributed by atoms with Crippen LogP contribution in [0.25, 0.3) is 0 Å². The second-order valence-electron chi connectivity index (χ2n) is 1.57. The molecule has 0 N–H and O–H groups in total. The molecule has 0 bridgehead atoms. The van der Waals surface area contributed by atoms with Crippen LogP contribution in [0.15, 0.2) is 6.58 Å². The van der Waals surface area contributed by atoms with Crippen molar-refractivity contribution in [3.05, 3.63) is 6.58 Å². The van der Waals surface area contributed by atoms with Gasteiger partial charge in [0.15, 0.2) is 0 Å². The Morgan fingerprint density at radius 1 is 1.75 bits per heavy atom. The Hall–Kier alpha value is 0.210. The summed E-state index contributed by atoms with van der Waals surface area (Å²) in [6, 6.07) is 0. The minimum absolute atomic E-state index is 0.298. The Bertz CT molecular complexity index is 133. The average molecular weight is 124 g/mol. The van der Waals surface area contributed by atoms with E-state index < -0.39 is 0 Å². The van der Waals surface area contributed by atoms with Crippen LogP contribution in [0.1, 0.15) is 6.92 Å². The minimum atomic E-state index is -0.298. The van der Waals surface area contributed by atoms with Crippen LogP contribution in [-0.2, 0) is 0 Å². The number of hydrogen-bond acceptors (Lipinski definition) is 0. The fourth-order valence-corrected chi connectivity index (χ4v) is 1.56. The summed E-state index contributed by atoms with van der Waals surface area (Å²) in [5.74, 6) is 0. The van der Waals surface area contributed by atoms with E-state index in [1.54, 1.807) is 0 Å². The van der Waals surface area contributed by atoms with E-state index in [0.29, 0.717) is 0 Å². The van der Waals surface area contributed by atoms with Gasteiger partial charge in [-0.2, -0.15) is 0 Å². The van der Waals surface area contributed by atoms with Crippen molar-refractivity contribution in [3.8, 4) is 0 Å². The van der Waals surface area contributed by atoms with E-state index in [1.165, 1.54) is 6.16 Å². The van der Waals surface area contributed by atoms with Gasteiger partial charge in [-0.15, -0.1) is 0 Å². The van der Waals surface area contributed by atoms with Gasteiger partial charge in [-0.1, -0.05) is 0 Å². The molecule has 8 heavy (non-hydrogen) atoms. The zero-order chi connectivity index (χ0) is 6.41. The third-order valence-corrected chi connectivity index (χ3v) is 3.20. The van der Waals surface area contributed by atoms with Gasteiger partial charge in [0, 0.05) is 0 Å². The van der Waals surface area contributed by atoms with Crippen molar-refractivity contribution in [1.29, 1.82) is 0 Å². The molecule has 42 valence electrons. The van der Waals surface area contributed by atoms with Crippen LogP contribution in [0.3, 0.4) is 0 Å². The van der Waals surface area contributed by atoms with Crippen molar-refractivity contribution in [3.63, 3.8) is 0 Å². The fourth-order valence-electron chi connectivity index (χ4n) is 0.521. The van der Waals surface area contributed by atoms with Gasteiger partial charge < -0.3 is 0 Å². The van der Waals surface area contributed by atoms with Gasteiger partial charge in [-0.05, 0) is 0 Å². The molecule has 0 heterocycles. The van der Waals surface area contributed by atoms with E-state index in [-0.39, 0.29) is 7.29 Å². The second-order valence-corrected chi connectivity index (χ2v) is 4.29. The van der Waals surface area contributed by atoms with E-state index in [0.717, 1.165) is 0 Å². The van der Waals surface area contributed by atoms with Gasteiger partial charge in [-0.25, -0.2) is 0 Å². The molecule has 3 heteroatoms. The first-order valence-electron chi connectivity index (χ1n) is 2.86. The molecule has 0 aromatic carbocycles. The Morgan fingerprint density at radius 3 is 2.50 bits per heavy atom. The first-order valence-corrected chi connectivity index (χ1v) is 4.72. The molecular weight excluding hydrogens is 113 g/mol. The standard InChI is InChI=1S/C5H11B2P/c1-4-7-8(5-2)6-3/h8H,1,5H2,2-3H3. The average Bonchev–Trinajstić information content (AvgIpc) is 1.83. The fraction of sp³-hybridized carbons (Fsp3) is 0.600. The molecule has 0 radical (unpaired) electrons. The molecule has 0 rings (SSSR count). The van der Waals surface area contributed by atoms with Crippen LogP contribution in [0.2, 0.25) is 6.82 Å². The van der Waals surface area contributed by atoms with Crippen molar-refractivity contribution in [2.45, 2.75) is 13.7 Å². The second kappa shape index (κ2) is 5.35. The van der Waals surface area contributed by atoms with Crippen LogP contribution in [0, 0.1) is 0 Å². The van der Waals surface area contributed by atoms with E-state index >= 15 is 0 Å². The molecule has 0 aliphatic rings. The zero-order valence-corrected chi connectivity index (χ0v) is 6.57. The molecule has 0 nitrogen and oxygen atoms in total. The molecule has 0 aromatic rings. The molecule has 0 fully saturated rings. The third-order valence-electron chi connectivity index (χ3n) is 1.07. The molecule has 0 saturated carbocycles. The molecular formula is C5H11B2P. The van der Waals surface area contributed by atoms with Crippen LogP contribution < -0.4 is 0 Å². The SMILES string of the molecule is C=C=B[PH](=BC)CC. The van der Waals surface area contributed by atoms with Gasteiger partial charge in [0.25, 0.3) is 0 Å². The van der Waals surface area contributed by atoms with Crippen molar-refractivity contribution in [1.82, 2.24) is 0 Å². The Balaban J connectivity index is 3.91. The number of rotatable bonds is 2. The Morgan fingerprint density at radius 2 is 2.38 bits per heavy atom. The Labute approximate surface area is 53.4 Å². The van der Waals surface area contributed by atoms with E-state index in [9.17, 15) is 0 Å². The monoisotopic (exact) mass is 124 g/mol. The summed E-state index contributed by atoms with van der Waals surface area (Å²) >= 11 is 0. The quantitative estimate of drug-likeness (QED) is 0.381. The summed E-state index contributed by atoms with van der Waals surface area (Å²) in [4.78, 5) is 0. The maximum absolute atomic E-state index is 3.52. The third kappa shape index (κ3) is 3.24. The van der Waals surface area contributed by atoms with Crippen LogP contribution >= 0.6 is 7.29 Å². The van der Waals surface area contributed by atoms with Crippen molar-refractivity contribution < 1.29 is 0 Å². The molecule has 0 aliphatic heterocycles. The van der Waals surface area contributed by atoms with Crippen molar-refractivity contribution in [2.24, 2.45) is 0 Å². The molecule has 1 unspecified atom stereocenters. The predicted octanol–water partition coefficient (Wildman–Crippen LogP) is 1.09. The van der Waals surface area contributed by atoms with E-state index in [1.807, 2.05) is 0 Å². The van der Waals surface area contributed by atoms with Crippen molar-refractivity contribution >= 4 is 26.2 Å². The van der Waals surface area contributed by atoms with Crippen molar-refractivity contribution in [2.75, 3.05) is 6.16 Å². The van der Waals surface area contributed by atoms with Gasteiger partial charge >= 0.3 is 52.7 Å². The van der Waals surface area contributed by atoms with E-state index in [4.69, 9.17) is 0 Å². The van der Waals surface area contributed by atoms with Crippen LogP contribution in [0.4, 0.5) is 0 Å². The summed E-state index contributed by atoms with van der Waals surface area (Å²) in [7, 11) is -0.298. The number of hydrogen-bond donors (Lipinski definition) is 0. The molecule has 1 atom stereocenters. The van der Waals surface area contributed by atoms with Gasteiger partial charge in [0.1, 0.15) is 0 Å². The summed E-state index contributed by atoms with van der Waals surface area (Å²) in [6.07, 6.45) is 1.25. The van der Waals surface area contributed by atoms with Crippen LogP contribution in [0.5, 0.6) is 0 Å². The van der Waals surface area contributed by atoms with Crippen LogP contribution in [-0.4, -0.2) is 25.0 Å². The summed E-state index contributed by atoms with van der Waals surface area (Å²) in [5, 5.41) is 0. The topological polar surface area (TPSA) is 0 Å². The predicted molar refractivity (Wildman–Crippen MR) is 46.9 cm³/mol. The van der Waals surface area contributed by atoms with Gasteiger partial charge in [0.05, 0.1) is 0 Å². The molecule has 0 spiro atoms.